The number of aromatic nitrogens is 1. The lowest BCUT2D eigenvalue weighted by Crippen LogP contribution is -2.49. The molecule has 1 amide bonds. The highest BCUT2D eigenvalue weighted by Crippen LogP contribution is 2.37. The van der Waals surface area contributed by atoms with Gasteiger partial charge in [-0.1, -0.05) is 55.3 Å². The predicted molar refractivity (Wildman–Crippen MR) is 126 cm³/mol. The molecule has 1 fully saturated rings. The van der Waals surface area contributed by atoms with Crippen LogP contribution < -0.4 is 5.32 Å². The molecule has 1 aromatic heterocycles. The van der Waals surface area contributed by atoms with E-state index >= 15 is 0 Å². The number of hydrogen-bond donors (Lipinski definition) is 1. The number of carbonyl (C=O) groups is 1. The maximum absolute atomic E-state index is 13.7. The summed E-state index contributed by atoms with van der Waals surface area (Å²) in [5.41, 5.74) is 0.702. The highest BCUT2D eigenvalue weighted by Gasteiger charge is 2.40. The van der Waals surface area contributed by atoms with E-state index in [1.54, 1.807) is 12.3 Å². The van der Waals surface area contributed by atoms with Crippen LogP contribution in [0.2, 0.25) is 0 Å². The van der Waals surface area contributed by atoms with Crippen LogP contribution in [-0.2, 0) is 22.9 Å². The van der Waals surface area contributed by atoms with E-state index in [1.165, 1.54) is 6.07 Å². The Hall–Kier alpha value is -3.15. The first-order chi connectivity index (χ1) is 16.3. The fraction of sp³-hybridized carbons (Fsp3) is 0.357. The average Bonchev–Trinajstić information content (AvgIpc) is 3.32. The van der Waals surface area contributed by atoms with E-state index in [0.717, 1.165) is 48.9 Å². The van der Waals surface area contributed by atoms with Crippen LogP contribution in [0.1, 0.15) is 60.1 Å². The smallest absolute Gasteiger partial charge is 0.341 e. The van der Waals surface area contributed by atoms with E-state index in [0.29, 0.717) is 23.6 Å². The summed E-state index contributed by atoms with van der Waals surface area (Å²) >= 11 is 0. The summed E-state index contributed by atoms with van der Waals surface area (Å²) in [7, 11) is 0. The minimum Gasteiger partial charge on any atom is -0.341 e. The summed E-state index contributed by atoms with van der Waals surface area (Å²) in [5, 5.41) is 3.18. The number of amides is 1. The maximum Gasteiger partial charge on any atom is 0.416 e. The molecule has 4 rings (SSSR count). The summed E-state index contributed by atoms with van der Waals surface area (Å²) < 4.78 is 41.0. The number of alkyl halides is 3. The predicted octanol–water partition coefficient (Wildman–Crippen LogP) is 6.59. The van der Waals surface area contributed by atoms with Gasteiger partial charge in [0.15, 0.2) is 0 Å². The topological polar surface area (TPSA) is 42.0 Å². The fourth-order valence-corrected chi connectivity index (χ4v) is 4.92. The molecule has 0 aliphatic heterocycles. The Morgan fingerprint density at radius 2 is 1.68 bits per heavy atom. The van der Waals surface area contributed by atoms with Gasteiger partial charge in [-0.3, -0.25) is 9.78 Å². The van der Waals surface area contributed by atoms with E-state index in [-0.39, 0.29) is 12.3 Å². The maximum atomic E-state index is 13.7. The number of rotatable bonds is 7. The van der Waals surface area contributed by atoms with Crippen LogP contribution in [-0.4, -0.2) is 10.9 Å². The van der Waals surface area contributed by atoms with E-state index < -0.39 is 17.3 Å². The van der Waals surface area contributed by atoms with Crippen molar-refractivity contribution >= 4 is 5.91 Å². The van der Waals surface area contributed by atoms with Gasteiger partial charge in [-0.2, -0.15) is 13.2 Å². The second-order valence-electron chi connectivity index (χ2n) is 9.27. The number of pyridine rings is 1. The van der Waals surface area contributed by atoms with Crippen LogP contribution in [0, 0.1) is 12.8 Å². The molecule has 2 aromatic carbocycles. The van der Waals surface area contributed by atoms with Gasteiger partial charge in [0, 0.05) is 19.0 Å². The molecule has 6 heteroatoms. The largest absolute Gasteiger partial charge is 0.416 e. The minimum atomic E-state index is -4.50. The molecule has 0 bridgehead atoms. The van der Waals surface area contributed by atoms with Gasteiger partial charge in [0.2, 0.25) is 5.91 Å². The Morgan fingerprint density at radius 3 is 2.35 bits per heavy atom. The summed E-state index contributed by atoms with van der Waals surface area (Å²) in [4.78, 5) is 17.9. The standard InChI is InChI=1S/C28H29F3N2O/c1-20-14-15-32-25(16-20)27(19-22-10-3-2-4-11-22,33-26(34)17-21-8-5-6-9-21)23-12-7-13-24(18-23)28(29,30)31/h2-4,7,10-16,18,21H,5-6,8-9,17,19H2,1H3,(H,33,34). The van der Waals surface area contributed by atoms with Crippen molar-refractivity contribution in [3.63, 3.8) is 0 Å². The van der Waals surface area contributed by atoms with Crippen LogP contribution in [0.15, 0.2) is 72.9 Å². The molecule has 34 heavy (non-hydrogen) atoms. The van der Waals surface area contributed by atoms with Crippen molar-refractivity contribution in [2.45, 2.75) is 57.2 Å². The van der Waals surface area contributed by atoms with Gasteiger partial charge in [-0.05, 0) is 66.6 Å². The van der Waals surface area contributed by atoms with Crippen molar-refractivity contribution in [1.82, 2.24) is 10.3 Å². The van der Waals surface area contributed by atoms with Crippen molar-refractivity contribution in [2.24, 2.45) is 5.92 Å². The van der Waals surface area contributed by atoms with E-state index in [1.807, 2.05) is 49.4 Å². The van der Waals surface area contributed by atoms with Crippen molar-refractivity contribution in [1.29, 1.82) is 0 Å². The molecule has 1 aliphatic carbocycles. The second kappa shape index (κ2) is 10.00. The quantitative estimate of drug-likeness (QED) is 0.427. The molecule has 3 nitrogen and oxygen atoms in total. The number of aryl methyl sites for hydroxylation is 1. The number of hydrogen-bond acceptors (Lipinski definition) is 2. The van der Waals surface area contributed by atoms with Gasteiger partial charge >= 0.3 is 6.18 Å². The molecule has 1 unspecified atom stereocenters. The Labute approximate surface area is 198 Å². The first-order valence-corrected chi connectivity index (χ1v) is 11.7. The van der Waals surface area contributed by atoms with Gasteiger partial charge in [0.05, 0.1) is 11.3 Å². The summed E-state index contributed by atoms with van der Waals surface area (Å²) in [5.74, 6) is 0.143. The van der Waals surface area contributed by atoms with Crippen LogP contribution >= 0.6 is 0 Å². The average molecular weight is 467 g/mol. The molecule has 1 atom stereocenters. The summed E-state index contributed by atoms with van der Waals surface area (Å²) in [6.45, 7) is 1.91. The van der Waals surface area contributed by atoms with Crippen molar-refractivity contribution in [3.8, 4) is 0 Å². The molecule has 0 spiro atoms. The molecule has 178 valence electrons. The Bertz CT molecular complexity index is 1120. The Balaban J connectivity index is 1.86. The van der Waals surface area contributed by atoms with Gasteiger partial charge in [-0.25, -0.2) is 0 Å². The molecule has 3 aromatic rings. The molecular formula is C28H29F3N2O. The first-order valence-electron chi connectivity index (χ1n) is 11.7. The van der Waals surface area contributed by atoms with E-state index in [2.05, 4.69) is 10.3 Å². The van der Waals surface area contributed by atoms with E-state index in [9.17, 15) is 18.0 Å². The van der Waals surface area contributed by atoms with Crippen molar-refractivity contribution in [3.05, 3.63) is 101 Å². The molecule has 1 saturated carbocycles. The van der Waals surface area contributed by atoms with Crippen molar-refractivity contribution < 1.29 is 18.0 Å². The Kier molecular flexibility index (Phi) is 7.05. The third-order valence-corrected chi connectivity index (χ3v) is 6.65. The SMILES string of the molecule is Cc1ccnc(C(Cc2ccccc2)(NC(=O)CC2CCCC2)c2cccc(C(F)(F)F)c2)c1. The second-order valence-corrected chi connectivity index (χ2v) is 9.27. The molecule has 1 N–H and O–H groups in total. The molecular weight excluding hydrogens is 437 g/mol. The summed E-state index contributed by atoms with van der Waals surface area (Å²) in [6, 6.07) is 18.4. The number of benzene rings is 2. The van der Waals surface area contributed by atoms with Gasteiger partial charge in [0.1, 0.15) is 5.54 Å². The highest BCUT2D eigenvalue weighted by atomic mass is 19.4. The van der Waals surface area contributed by atoms with Crippen LogP contribution in [0.3, 0.4) is 0 Å². The molecule has 0 radical (unpaired) electrons. The minimum absolute atomic E-state index is 0.163. The number of halogens is 3. The van der Waals surface area contributed by atoms with Crippen LogP contribution in [0.5, 0.6) is 0 Å². The lowest BCUT2D eigenvalue weighted by molar-refractivity contribution is -0.137. The van der Waals surface area contributed by atoms with Gasteiger partial charge < -0.3 is 5.32 Å². The molecule has 1 aliphatic rings. The van der Waals surface area contributed by atoms with Gasteiger partial charge in [0.25, 0.3) is 0 Å². The molecule has 1 heterocycles. The zero-order valence-corrected chi connectivity index (χ0v) is 19.2. The normalized spacial score (nSPS) is 16.2. The van der Waals surface area contributed by atoms with Gasteiger partial charge in [-0.15, -0.1) is 0 Å². The van der Waals surface area contributed by atoms with E-state index in [4.69, 9.17) is 0 Å². The third kappa shape index (κ3) is 5.49. The highest BCUT2D eigenvalue weighted by molar-refractivity contribution is 5.78. The lowest BCUT2D eigenvalue weighted by atomic mass is 9.79. The van der Waals surface area contributed by atoms with Crippen LogP contribution in [0.4, 0.5) is 13.2 Å². The monoisotopic (exact) mass is 466 g/mol. The fourth-order valence-electron chi connectivity index (χ4n) is 4.92. The zero-order valence-electron chi connectivity index (χ0n) is 19.2. The van der Waals surface area contributed by atoms with Crippen LogP contribution in [0.25, 0.3) is 0 Å². The number of nitrogens with zero attached hydrogens (tertiary/aromatic N) is 1. The molecule has 0 saturated heterocycles. The Morgan fingerprint density at radius 1 is 0.971 bits per heavy atom. The first kappa shape index (κ1) is 24.0. The zero-order chi connectivity index (χ0) is 24.2. The number of carbonyl (C=O) groups excluding carboxylic acids is 1. The third-order valence-electron chi connectivity index (χ3n) is 6.65. The van der Waals surface area contributed by atoms with Crippen molar-refractivity contribution in [2.75, 3.05) is 0 Å². The lowest BCUT2D eigenvalue weighted by Gasteiger charge is -2.36. The summed E-state index contributed by atoms with van der Waals surface area (Å²) in [6.07, 6.45) is 2.02. The number of nitrogens with one attached hydrogen (secondary N) is 1.